The maximum absolute atomic E-state index is 5.71. The SMILES string of the molecule is Brc1cccc(Nc2nnc(SCc3nc4ccccc4o3)s2)c1. The van der Waals surface area contributed by atoms with E-state index < -0.39 is 0 Å². The van der Waals surface area contributed by atoms with Crippen molar-refractivity contribution < 1.29 is 4.42 Å². The van der Waals surface area contributed by atoms with Crippen LogP contribution in [0.15, 0.2) is 61.8 Å². The van der Waals surface area contributed by atoms with Gasteiger partial charge >= 0.3 is 0 Å². The molecule has 0 aliphatic heterocycles. The Labute approximate surface area is 154 Å². The highest BCUT2D eigenvalue weighted by Gasteiger charge is 2.09. The van der Waals surface area contributed by atoms with Crippen LogP contribution in [0.1, 0.15) is 5.89 Å². The molecule has 0 atom stereocenters. The van der Waals surface area contributed by atoms with Gasteiger partial charge in [-0.25, -0.2) is 4.98 Å². The van der Waals surface area contributed by atoms with Gasteiger partial charge in [-0.3, -0.25) is 0 Å². The minimum Gasteiger partial charge on any atom is -0.440 e. The van der Waals surface area contributed by atoms with Gasteiger partial charge in [0.2, 0.25) is 11.0 Å². The van der Waals surface area contributed by atoms with Crippen molar-refractivity contribution in [1.29, 1.82) is 0 Å². The molecule has 0 unspecified atom stereocenters. The van der Waals surface area contributed by atoms with E-state index in [1.54, 1.807) is 11.8 Å². The minimum atomic E-state index is 0.625. The number of hydrogen-bond donors (Lipinski definition) is 1. The number of halogens is 1. The summed E-state index contributed by atoms with van der Waals surface area (Å²) in [6.45, 7) is 0. The standard InChI is InChI=1S/C16H11BrN4OS2/c17-10-4-3-5-11(8-10)18-15-20-21-16(24-15)23-9-14-19-12-6-1-2-7-13(12)22-14/h1-8H,9H2,(H,18,20). The molecule has 4 rings (SSSR count). The maximum atomic E-state index is 5.71. The second-order valence-electron chi connectivity index (χ2n) is 4.87. The summed E-state index contributed by atoms with van der Waals surface area (Å²) in [5.74, 6) is 1.32. The molecule has 1 N–H and O–H groups in total. The second-order valence-corrected chi connectivity index (χ2v) is 7.99. The molecule has 2 aromatic heterocycles. The number of para-hydroxylation sites is 2. The van der Waals surface area contributed by atoms with Gasteiger partial charge in [-0.15, -0.1) is 10.2 Å². The van der Waals surface area contributed by atoms with Gasteiger partial charge in [0.25, 0.3) is 0 Å². The van der Waals surface area contributed by atoms with E-state index in [1.165, 1.54) is 11.3 Å². The first-order chi connectivity index (χ1) is 11.8. The highest BCUT2D eigenvalue weighted by molar-refractivity contribution is 9.10. The zero-order chi connectivity index (χ0) is 16.4. The van der Waals surface area contributed by atoms with E-state index in [0.717, 1.165) is 30.7 Å². The van der Waals surface area contributed by atoms with E-state index in [2.05, 4.69) is 36.4 Å². The first kappa shape index (κ1) is 15.6. The van der Waals surface area contributed by atoms with Crippen molar-refractivity contribution in [3.8, 4) is 0 Å². The summed E-state index contributed by atoms with van der Waals surface area (Å²) in [5.41, 5.74) is 2.65. The Balaban J connectivity index is 1.41. The first-order valence-corrected chi connectivity index (χ1v) is 9.69. The number of hydrogen-bond acceptors (Lipinski definition) is 7. The van der Waals surface area contributed by atoms with Gasteiger partial charge in [-0.1, -0.05) is 57.2 Å². The number of fused-ring (bicyclic) bond motifs is 1. The summed E-state index contributed by atoms with van der Waals surface area (Å²) in [4.78, 5) is 4.46. The van der Waals surface area contributed by atoms with Gasteiger partial charge in [-0.2, -0.15) is 0 Å². The average molecular weight is 419 g/mol. The topological polar surface area (TPSA) is 63.8 Å². The van der Waals surface area contributed by atoms with Crippen LogP contribution in [0, 0.1) is 0 Å². The molecular weight excluding hydrogens is 408 g/mol. The zero-order valence-corrected chi connectivity index (χ0v) is 15.5. The molecule has 24 heavy (non-hydrogen) atoms. The summed E-state index contributed by atoms with van der Waals surface area (Å²) in [7, 11) is 0. The van der Waals surface area contributed by atoms with Gasteiger partial charge in [0, 0.05) is 10.2 Å². The van der Waals surface area contributed by atoms with Crippen molar-refractivity contribution in [3.05, 3.63) is 58.9 Å². The Kier molecular flexibility index (Phi) is 4.50. The van der Waals surface area contributed by atoms with Crippen LogP contribution in [-0.2, 0) is 5.75 Å². The van der Waals surface area contributed by atoms with Gasteiger partial charge in [0.15, 0.2) is 9.92 Å². The van der Waals surface area contributed by atoms with Crippen molar-refractivity contribution in [3.63, 3.8) is 0 Å². The Morgan fingerprint density at radius 1 is 1.12 bits per heavy atom. The third-order valence-electron chi connectivity index (χ3n) is 3.14. The molecule has 0 saturated carbocycles. The smallest absolute Gasteiger partial charge is 0.210 e. The molecule has 0 amide bonds. The Morgan fingerprint density at radius 2 is 2.04 bits per heavy atom. The monoisotopic (exact) mass is 418 g/mol. The number of nitrogens with zero attached hydrogens (tertiary/aromatic N) is 3. The number of oxazole rings is 1. The third kappa shape index (κ3) is 3.61. The lowest BCUT2D eigenvalue weighted by atomic mass is 10.3. The zero-order valence-electron chi connectivity index (χ0n) is 12.3. The van der Waals surface area contributed by atoms with E-state index in [1.807, 2.05) is 48.5 Å². The number of thioether (sulfide) groups is 1. The molecule has 0 aliphatic rings. The number of rotatable bonds is 5. The van der Waals surface area contributed by atoms with Crippen LogP contribution < -0.4 is 5.32 Å². The van der Waals surface area contributed by atoms with Crippen LogP contribution in [0.4, 0.5) is 10.8 Å². The highest BCUT2D eigenvalue weighted by atomic mass is 79.9. The quantitative estimate of drug-likeness (QED) is 0.433. The fraction of sp³-hybridized carbons (Fsp3) is 0.0625. The van der Waals surface area contributed by atoms with E-state index >= 15 is 0 Å². The highest BCUT2D eigenvalue weighted by Crippen LogP contribution is 2.30. The number of aromatic nitrogens is 3. The fourth-order valence-electron chi connectivity index (χ4n) is 2.11. The van der Waals surface area contributed by atoms with Crippen LogP contribution in [0.3, 0.4) is 0 Å². The molecule has 0 bridgehead atoms. The van der Waals surface area contributed by atoms with E-state index in [-0.39, 0.29) is 0 Å². The molecular formula is C16H11BrN4OS2. The first-order valence-electron chi connectivity index (χ1n) is 7.09. The van der Waals surface area contributed by atoms with Gasteiger partial charge in [0.1, 0.15) is 5.52 Å². The summed E-state index contributed by atoms with van der Waals surface area (Å²) in [6, 6.07) is 15.7. The Morgan fingerprint density at radius 3 is 2.92 bits per heavy atom. The van der Waals surface area contributed by atoms with Crippen molar-refractivity contribution in [2.45, 2.75) is 10.1 Å². The van der Waals surface area contributed by atoms with Crippen molar-refractivity contribution in [2.24, 2.45) is 0 Å². The van der Waals surface area contributed by atoms with E-state index in [0.29, 0.717) is 11.6 Å². The van der Waals surface area contributed by atoms with Crippen LogP contribution in [-0.4, -0.2) is 15.2 Å². The van der Waals surface area contributed by atoms with Gasteiger partial charge in [-0.05, 0) is 30.3 Å². The predicted molar refractivity (Wildman–Crippen MR) is 101 cm³/mol. The summed E-state index contributed by atoms with van der Waals surface area (Å²) < 4.78 is 7.60. The molecule has 0 radical (unpaired) electrons. The average Bonchev–Trinajstić information content (AvgIpc) is 3.19. The van der Waals surface area contributed by atoms with E-state index in [4.69, 9.17) is 4.42 Å². The maximum Gasteiger partial charge on any atom is 0.210 e. The molecule has 0 aliphatic carbocycles. The van der Waals surface area contributed by atoms with Gasteiger partial charge in [0.05, 0.1) is 5.75 Å². The molecule has 2 heterocycles. The second kappa shape index (κ2) is 6.92. The van der Waals surface area contributed by atoms with Crippen LogP contribution >= 0.6 is 39.0 Å². The summed E-state index contributed by atoms with van der Waals surface area (Å²) >= 11 is 6.52. The number of nitrogens with one attached hydrogen (secondary N) is 1. The minimum absolute atomic E-state index is 0.625. The van der Waals surface area contributed by atoms with E-state index in [9.17, 15) is 0 Å². The number of anilines is 2. The molecule has 8 heteroatoms. The third-order valence-corrected chi connectivity index (χ3v) is 5.59. The van der Waals surface area contributed by atoms with Crippen molar-refractivity contribution in [1.82, 2.24) is 15.2 Å². The molecule has 0 spiro atoms. The lowest BCUT2D eigenvalue weighted by molar-refractivity contribution is 0.556. The van der Waals surface area contributed by atoms with Gasteiger partial charge < -0.3 is 9.73 Å². The van der Waals surface area contributed by atoms with Crippen LogP contribution in [0.25, 0.3) is 11.1 Å². The fourth-order valence-corrected chi connectivity index (χ4v) is 4.13. The number of benzene rings is 2. The Bertz CT molecular complexity index is 952. The molecule has 120 valence electrons. The predicted octanol–water partition coefficient (Wildman–Crippen LogP) is 5.48. The summed E-state index contributed by atoms with van der Waals surface area (Å²) in [6.07, 6.45) is 0. The molecule has 0 fully saturated rings. The van der Waals surface area contributed by atoms with Crippen LogP contribution in [0.5, 0.6) is 0 Å². The van der Waals surface area contributed by atoms with Crippen molar-refractivity contribution in [2.75, 3.05) is 5.32 Å². The molecule has 5 nitrogen and oxygen atoms in total. The Hall–Kier alpha value is -1.90. The largest absolute Gasteiger partial charge is 0.440 e. The van der Waals surface area contributed by atoms with Crippen LogP contribution in [0.2, 0.25) is 0 Å². The normalized spacial score (nSPS) is 11.0. The lowest BCUT2D eigenvalue weighted by Gasteiger charge is -2.01. The van der Waals surface area contributed by atoms with Crippen molar-refractivity contribution >= 4 is 60.9 Å². The molecule has 2 aromatic carbocycles. The lowest BCUT2D eigenvalue weighted by Crippen LogP contribution is -1.88. The molecule has 4 aromatic rings. The summed E-state index contributed by atoms with van der Waals surface area (Å²) in [5, 5.41) is 12.4. The molecule has 0 saturated heterocycles.